The van der Waals surface area contributed by atoms with Crippen LogP contribution >= 0.6 is 11.3 Å². The molecule has 2 amide bonds. The van der Waals surface area contributed by atoms with E-state index >= 15 is 0 Å². The number of thiophene rings is 1. The maximum Gasteiger partial charge on any atom is 0.317 e. The summed E-state index contributed by atoms with van der Waals surface area (Å²) < 4.78 is 0. The molecule has 0 aliphatic carbocycles. The summed E-state index contributed by atoms with van der Waals surface area (Å²) in [7, 11) is 0. The zero-order chi connectivity index (χ0) is 15.9. The van der Waals surface area contributed by atoms with Crippen molar-refractivity contribution in [1.82, 2.24) is 15.1 Å². The topological polar surface area (TPSA) is 55.8 Å². The highest BCUT2D eigenvalue weighted by atomic mass is 32.1. The van der Waals surface area contributed by atoms with Gasteiger partial charge in [-0.2, -0.15) is 0 Å². The lowest BCUT2D eigenvalue weighted by atomic mass is 10.1. The second kappa shape index (κ2) is 8.31. The van der Waals surface area contributed by atoms with Crippen LogP contribution in [0.1, 0.15) is 17.4 Å². The maximum absolute atomic E-state index is 12.1. The lowest BCUT2D eigenvalue weighted by Crippen LogP contribution is -2.48. The van der Waals surface area contributed by atoms with Gasteiger partial charge in [0.2, 0.25) is 0 Å². The molecular formula is C16H25N3O2S. The van der Waals surface area contributed by atoms with Gasteiger partial charge in [0.05, 0.1) is 6.61 Å². The maximum atomic E-state index is 12.1. The Kier molecular flexibility index (Phi) is 6.42. The van der Waals surface area contributed by atoms with E-state index in [9.17, 15) is 4.79 Å². The van der Waals surface area contributed by atoms with Crippen LogP contribution in [0.5, 0.6) is 0 Å². The predicted octanol–water partition coefficient (Wildman–Crippen LogP) is 1.68. The van der Waals surface area contributed by atoms with E-state index in [2.05, 4.69) is 35.2 Å². The van der Waals surface area contributed by atoms with Crippen molar-refractivity contribution in [3.63, 3.8) is 0 Å². The fraction of sp³-hybridized carbons (Fsp3) is 0.562. The van der Waals surface area contributed by atoms with Crippen LogP contribution in [-0.4, -0.2) is 59.8 Å². The summed E-state index contributed by atoms with van der Waals surface area (Å²) in [4.78, 5) is 17.6. The van der Waals surface area contributed by atoms with Gasteiger partial charge in [0.25, 0.3) is 0 Å². The van der Waals surface area contributed by atoms with Crippen molar-refractivity contribution in [1.29, 1.82) is 0 Å². The summed E-state index contributed by atoms with van der Waals surface area (Å²) in [5.74, 6) is 0. The molecule has 2 rings (SSSR count). The first-order valence-electron chi connectivity index (χ1n) is 7.69. The molecule has 0 fully saturated rings. The minimum Gasteiger partial charge on any atom is -0.395 e. The second-order valence-electron chi connectivity index (χ2n) is 5.58. The number of nitrogens with zero attached hydrogens (tertiary/aromatic N) is 2. The highest BCUT2D eigenvalue weighted by Gasteiger charge is 2.22. The monoisotopic (exact) mass is 323 g/mol. The molecule has 122 valence electrons. The molecule has 2 heterocycles. The van der Waals surface area contributed by atoms with Gasteiger partial charge in [0.15, 0.2) is 0 Å². The van der Waals surface area contributed by atoms with Crippen LogP contribution < -0.4 is 5.32 Å². The van der Waals surface area contributed by atoms with Crippen LogP contribution in [0.2, 0.25) is 0 Å². The SMILES string of the molecule is C=CCN(CCO)C(=O)NCC(C)N1CCc2sccc2C1. The summed E-state index contributed by atoms with van der Waals surface area (Å²) in [5, 5.41) is 14.1. The molecule has 0 radical (unpaired) electrons. The van der Waals surface area contributed by atoms with Crippen LogP contribution in [0, 0.1) is 0 Å². The van der Waals surface area contributed by atoms with E-state index < -0.39 is 0 Å². The Morgan fingerprint density at radius 1 is 1.68 bits per heavy atom. The van der Waals surface area contributed by atoms with Gasteiger partial charge < -0.3 is 15.3 Å². The lowest BCUT2D eigenvalue weighted by molar-refractivity contribution is 0.167. The largest absolute Gasteiger partial charge is 0.395 e. The summed E-state index contributed by atoms with van der Waals surface area (Å²) in [6.07, 6.45) is 2.76. The summed E-state index contributed by atoms with van der Waals surface area (Å²) in [6.45, 7) is 9.13. The standard InChI is InChI=1S/C16H25N3O2S/c1-3-6-18(8-9-20)16(21)17-11-13(2)19-7-4-15-14(12-19)5-10-22-15/h3,5,10,13,20H,1,4,6-9,11-12H2,2H3,(H,17,21). The van der Waals surface area contributed by atoms with Gasteiger partial charge in [-0.3, -0.25) is 4.90 Å². The number of fused-ring (bicyclic) bond motifs is 1. The van der Waals surface area contributed by atoms with Gasteiger partial charge in [-0.15, -0.1) is 17.9 Å². The molecule has 0 spiro atoms. The average Bonchev–Trinajstić information content (AvgIpc) is 2.99. The third-order valence-electron chi connectivity index (χ3n) is 4.02. The number of carbonyl (C=O) groups excluding carboxylic acids is 1. The summed E-state index contributed by atoms with van der Waals surface area (Å²) in [5.41, 5.74) is 1.42. The minimum absolute atomic E-state index is 0.0378. The molecule has 0 saturated carbocycles. The van der Waals surface area contributed by atoms with Crippen molar-refractivity contribution >= 4 is 17.4 Å². The number of urea groups is 1. The number of carbonyl (C=O) groups is 1. The molecule has 22 heavy (non-hydrogen) atoms. The first-order chi connectivity index (χ1) is 10.7. The number of aliphatic hydroxyl groups is 1. The number of hydrogen-bond acceptors (Lipinski definition) is 4. The van der Waals surface area contributed by atoms with E-state index in [1.165, 1.54) is 10.4 Å². The number of hydrogen-bond donors (Lipinski definition) is 2. The third-order valence-corrected chi connectivity index (χ3v) is 5.04. The molecule has 1 aromatic rings. The van der Waals surface area contributed by atoms with Crippen molar-refractivity contribution in [3.8, 4) is 0 Å². The summed E-state index contributed by atoms with van der Waals surface area (Å²) >= 11 is 1.84. The Bertz CT molecular complexity index is 503. The van der Waals surface area contributed by atoms with Gasteiger partial charge in [-0.1, -0.05) is 6.08 Å². The van der Waals surface area contributed by atoms with Crippen LogP contribution in [0.15, 0.2) is 24.1 Å². The molecule has 0 aromatic carbocycles. The molecule has 1 aliphatic rings. The number of amides is 2. The quantitative estimate of drug-likeness (QED) is 0.751. The van der Waals surface area contributed by atoms with Crippen molar-refractivity contribution in [2.24, 2.45) is 0 Å². The first kappa shape index (κ1) is 17.0. The molecule has 1 aliphatic heterocycles. The Balaban J connectivity index is 1.81. The molecule has 6 heteroatoms. The number of aliphatic hydroxyl groups excluding tert-OH is 1. The summed E-state index contributed by atoms with van der Waals surface area (Å²) in [6, 6.07) is 2.34. The van der Waals surface area contributed by atoms with Crippen molar-refractivity contribution in [2.75, 3.05) is 32.8 Å². The van der Waals surface area contributed by atoms with Gasteiger partial charge >= 0.3 is 6.03 Å². The van der Waals surface area contributed by atoms with E-state index in [-0.39, 0.29) is 18.7 Å². The Labute approximate surface area is 136 Å². The molecule has 0 bridgehead atoms. The van der Waals surface area contributed by atoms with Gasteiger partial charge in [0, 0.05) is 43.6 Å². The van der Waals surface area contributed by atoms with Gasteiger partial charge in [-0.25, -0.2) is 4.79 Å². The lowest BCUT2D eigenvalue weighted by Gasteiger charge is -2.33. The second-order valence-corrected chi connectivity index (χ2v) is 6.58. The zero-order valence-electron chi connectivity index (χ0n) is 13.1. The molecule has 1 aromatic heterocycles. The van der Waals surface area contributed by atoms with Gasteiger partial charge in [0.1, 0.15) is 0 Å². The molecule has 0 saturated heterocycles. The minimum atomic E-state index is -0.144. The van der Waals surface area contributed by atoms with Crippen molar-refractivity contribution in [2.45, 2.75) is 25.9 Å². The number of rotatable bonds is 7. The highest BCUT2D eigenvalue weighted by Crippen LogP contribution is 2.24. The van der Waals surface area contributed by atoms with Crippen molar-refractivity contribution in [3.05, 3.63) is 34.5 Å². The first-order valence-corrected chi connectivity index (χ1v) is 8.57. The van der Waals surface area contributed by atoms with E-state index in [4.69, 9.17) is 5.11 Å². The Morgan fingerprint density at radius 3 is 3.23 bits per heavy atom. The van der Waals surface area contributed by atoms with E-state index in [0.29, 0.717) is 19.6 Å². The normalized spacial score (nSPS) is 15.9. The van der Waals surface area contributed by atoms with Gasteiger partial charge in [-0.05, 0) is 30.4 Å². The van der Waals surface area contributed by atoms with Crippen molar-refractivity contribution < 1.29 is 9.90 Å². The predicted molar refractivity (Wildman–Crippen MR) is 90.1 cm³/mol. The third kappa shape index (κ3) is 4.32. The van der Waals surface area contributed by atoms with Crippen LogP contribution in [-0.2, 0) is 13.0 Å². The Hall–Kier alpha value is -1.37. The van der Waals surface area contributed by atoms with E-state index in [0.717, 1.165) is 19.5 Å². The van der Waals surface area contributed by atoms with E-state index in [1.807, 2.05) is 11.3 Å². The van der Waals surface area contributed by atoms with E-state index in [1.54, 1.807) is 11.0 Å². The van der Waals surface area contributed by atoms with Crippen LogP contribution in [0.4, 0.5) is 4.79 Å². The fourth-order valence-corrected chi connectivity index (χ4v) is 3.56. The average molecular weight is 323 g/mol. The Morgan fingerprint density at radius 2 is 2.50 bits per heavy atom. The molecule has 1 unspecified atom stereocenters. The molecule has 1 atom stereocenters. The molecular weight excluding hydrogens is 298 g/mol. The fourth-order valence-electron chi connectivity index (χ4n) is 2.67. The molecule has 5 nitrogen and oxygen atoms in total. The highest BCUT2D eigenvalue weighted by molar-refractivity contribution is 7.10. The smallest absolute Gasteiger partial charge is 0.317 e. The number of nitrogens with one attached hydrogen (secondary N) is 1. The van der Waals surface area contributed by atoms with Crippen LogP contribution in [0.3, 0.4) is 0 Å². The molecule has 2 N–H and O–H groups in total. The van der Waals surface area contributed by atoms with Crippen LogP contribution in [0.25, 0.3) is 0 Å². The zero-order valence-corrected chi connectivity index (χ0v) is 13.9.